The summed E-state index contributed by atoms with van der Waals surface area (Å²) in [6, 6.07) is 7.13. The molecule has 0 aliphatic rings. The molecule has 0 atom stereocenters. The van der Waals surface area contributed by atoms with Gasteiger partial charge < -0.3 is 15.8 Å². The van der Waals surface area contributed by atoms with Crippen LogP contribution in [0.5, 0.6) is 0 Å². The van der Waals surface area contributed by atoms with Crippen LogP contribution in [0.25, 0.3) is 0 Å². The van der Waals surface area contributed by atoms with Gasteiger partial charge in [-0.25, -0.2) is 0 Å². The normalized spacial score (nSPS) is 9.50. The minimum atomic E-state index is -0.232. The molecule has 0 unspecified atom stereocenters. The van der Waals surface area contributed by atoms with Crippen LogP contribution in [0.2, 0.25) is 0 Å². The summed E-state index contributed by atoms with van der Waals surface area (Å²) in [6.07, 6.45) is 0.895. The molecule has 0 spiro atoms. The Kier molecular flexibility index (Phi) is 9.41. The van der Waals surface area contributed by atoms with E-state index in [-0.39, 0.29) is 24.3 Å². The monoisotopic (exact) mass is 300 g/mol. The van der Waals surface area contributed by atoms with E-state index in [0.29, 0.717) is 38.1 Å². The van der Waals surface area contributed by atoms with Gasteiger partial charge in [0.15, 0.2) is 0 Å². The lowest BCUT2D eigenvalue weighted by Gasteiger charge is -2.06. The van der Waals surface area contributed by atoms with Gasteiger partial charge in [0.1, 0.15) is 0 Å². The van der Waals surface area contributed by atoms with Gasteiger partial charge in [0, 0.05) is 25.1 Å². The number of rotatable bonds is 7. The van der Waals surface area contributed by atoms with Crippen molar-refractivity contribution < 1.29 is 14.3 Å². The van der Waals surface area contributed by atoms with E-state index < -0.39 is 0 Å². The Balaban J connectivity index is 0.00000361. The molecule has 0 aliphatic heterocycles. The summed E-state index contributed by atoms with van der Waals surface area (Å²) in [4.78, 5) is 22.8. The van der Waals surface area contributed by atoms with Crippen molar-refractivity contribution in [1.82, 2.24) is 5.32 Å². The lowest BCUT2D eigenvalue weighted by Crippen LogP contribution is -2.25. The van der Waals surface area contributed by atoms with Crippen LogP contribution in [0.1, 0.15) is 35.7 Å². The molecule has 0 aliphatic carbocycles. The van der Waals surface area contributed by atoms with Crippen molar-refractivity contribution in [3.05, 3.63) is 35.4 Å². The predicted molar refractivity (Wildman–Crippen MR) is 79.8 cm³/mol. The molecule has 0 radical (unpaired) electrons. The van der Waals surface area contributed by atoms with Crippen molar-refractivity contribution in [3.63, 3.8) is 0 Å². The van der Waals surface area contributed by atoms with Gasteiger partial charge in [-0.1, -0.05) is 12.1 Å². The third-order valence-electron chi connectivity index (χ3n) is 2.60. The molecule has 0 aromatic heterocycles. The first-order valence-corrected chi connectivity index (χ1v) is 6.40. The molecule has 0 saturated carbocycles. The summed E-state index contributed by atoms with van der Waals surface area (Å²) in [5.74, 6) is -0.378. The van der Waals surface area contributed by atoms with Crippen LogP contribution in [0.15, 0.2) is 24.3 Å². The number of esters is 1. The van der Waals surface area contributed by atoms with Crippen LogP contribution in [0.4, 0.5) is 0 Å². The first-order chi connectivity index (χ1) is 9.17. The van der Waals surface area contributed by atoms with Crippen molar-refractivity contribution in [2.45, 2.75) is 26.3 Å². The lowest BCUT2D eigenvalue weighted by atomic mass is 10.1. The highest BCUT2D eigenvalue weighted by Gasteiger charge is 2.05. The van der Waals surface area contributed by atoms with Crippen molar-refractivity contribution in [1.29, 1.82) is 0 Å². The Morgan fingerprint density at radius 1 is 1.25 bits per heavy atom. The summed E-state index contributed by atoms with van der Waals surface area (Å²) in [6.45, 7) is 3.07. The lowest BCUT2D eigenvalue weighted by molar-refractivity contribution is -0.143. The van der Waals surface area contributed by atoms with E-state index in [9.17, 15) is 9.59 Å². The zero-order chi connectivity index (χ0) is 14.1. The molecule has 3 N–H and O–H groups in total. The Bertz CT molecular complexity index is 421. The van der Waals surface area contributed by atoms with E-state index in [2.05, 4.69) is 5.32 Å². The zero-order valence-electron chi connectivity index (χ0n) is 11.6. The highest BCUT2D eigenvalue weighted by atomic mass is 35.5. The van der Waals surface area contributed by atoms with Crippen molar-refractivity contribution in [2.24, 2.45) is 5.73 Å². The van der Waals surface area contributed by atoms with Crippen molar-refractivity contribution >= 4 is 24.3 Å². The summed E-state index contributed by atoms with van der Waals surface area (Å²) >= 11 is 0. The smallest absolute Gasteiger partial charge is 0.305 e. The van der Waals surface area contributed by atoms with Gasteiger partial charge in [-0.05, 0) is 31.0 Å². The third-order valence-corrected chi connectivity index (χ3v) is 2.60. The van der Waals surface area contributed by atoms with Crippen LogP contribution in [0, 0.1) is 0 Å². The van der Waals surface area contributed by atoms with E-state index in [1.807, 2.05) is 12.1 Å². The van der Waals surface area contributed by atoms with Gasteiger partial charge in [0.25, 0.3) is 5.91 Å². The second-order valence-electron chi connectivity index (χ2n) is 4.07. The van der Waals surface area contributed by atoms with Crippen LogP contribution >= 0.6 is 12.4 Å². The SMILES string of the molecule is CCOC(=O)CCCNC(=O)c1ccc(CN)cc1.Cl. The maximum Gasteiger partial charge on any atom is 0.305 e. The Morgan fingerprint density at radius 2 is 1.90 bits per heavy atom. The summed E-state index contributed by atoms with van der Waals surface area (Å²) in [7, 11) is 0. The van der Waals surface area contributed by atoms with E-state index in [4.69, 9.17) is 10.5 Å². The van der Waals surface area contributed by atoms with Gasteiger partial charge in [-0.15, -0.1) is 12.4 Å². The van der Waals surface area contributed by atoms with Gasteiger partial charge in [0.2, 0.25) is 0 Å². The molecule has 0 saturated heterocycles. The van der Waals surface area contributed by atoms with E-state index in [1.165, 1.54) is 0 Å². The maximum absolute atomic E-state index is 11.8. The first-order valence-electron chi connectivity index (χ1n) is 6.40. The number of amides is 1. The minimum absolute atomic E-state index is 0. The molecule has 112 valence electrons. The van der Waals surface area contributed by atoms with Crippen LogP contribution in [0.3, 0.4) is 0 Å². The highest BCUT2D eigenvalue weighted by molar-refractivity contribution is 5.94. The maximum atomic E-state index is 11.8. The molecule has 20 heavy (non-hydrogen) atoms. The number of halogens is 1. The number of carbonyl (C=O) groups excluding carboxylic acids is 2. The van der Waals surface area contributed by atoms with E-state index in [1.54, 1.807) is 19.1 Å². The molecule has 1 rings (SSSR count). The van der Waals surface area contributed by atoms with E-state index >= 15 is 0 Å². The van der Waals surface area contributed by atoms with Crippen LogP contribution in [-0.4, -0.2) is 25.0 Å². The summed E-state index contributed by atoms with van der Waals surface area (Å²) < 4.78 is 4.80. The number of ether oxygens (including phenoxy) is 1. The number of carbonyl (C=O) groups is 2. The number of nitrogens with two attached hydrogens (primary N) is 1. The molecule has 1 amide bonds. The van der Waals surface area contributed by atoms with Crippen molar-refractivity contribution in [2.75, 3.05) is 13.2 Å². The average molecular weight is 301 g/mol. The van der Waals surface area contributed by atoms with Crippen molar-refractivity contribution in [3.8, 4) is 0 Å². The fourth-order valence-corrected chi connectivity index (χ4v) is 1.56. The largest absolute Gasteiger partial charge is 0.466 e. The summed E-state index contributed by atoms with van der Waals surface area (Å²) in [5, 5.41) is 2.76. The van der Waals surface area contributed by atoms with Crippen LogP contribution < -0.4 is 11.1 Å². The van der Waals surface area contributed by atoms with E-state index in [0.717, 1.165) is 5.56 Å². The average Bonchev–Trinajstić information content (AvgIpc) is 2.44. The van der Waals surface area contributed by atoms with Gasteiger partial charge in [-0.3, -0.25) is 9.59 Å². The first kappa shape index (κ1) is 18.4. The standard InChI is InChI=1S/C14H20N2O3.ClH/c1-2-19-13(17)4-3-9-16-14(18)12-7-5-11(10-15)6-8-12;/h5-8H,2-4,9-10,15H2,1H3,(H,16,18);1H. The Morgan fingerprint density at radius 3 is 2.45 bits per heavy atom. The highest BCUT2D eigenvalue weighted by Crippen LogP contribution is 2.03. The second-order valence-corrected chi connectivity index (χ2v) is 4.07. The minimum Gasteiger partial charge on any atom is -0.466 e. The molecule has 1 aromatic rings. The molecule has 6 heteroatoms. The molecular weight excluding hydrogens is 280 g/mol. The quantitative estimate of drug-likeness (QED) is 0.592. The molecule has 0 bridgehead atoms. The number of benzene rings is 1. The molecule has 5 nitrogen and oxygen atoms in total. The van der Waals surface area contributed by atoms with Gasteiger partial charge >= 0.3 is 5.97 Å². The number of nitrogens with one attached hydrogen (secondary N) is 1. The second kappa shape index (κ2) is 10.2. The van der Waals surface area contributed by atoms with Gasteiger partial charge in [-0.2, -0.15) is 0 Å². The van der Waals surface area contributed by atoms with Gasteiger partial charge in [0.05, 0.1) is 6.61 Å². The molecule has 0 heterocycles. The molecular formula is C14H21ClN2O3. The third kappa shape index (κ3) is 6.54. The molecule has 1 aromatic carbocycles. The number of hydrogen-bond acceptors (Lipinski definition) is 4. The fraction of sp³-hybridized carbons (Fsp3) is 0.429. The number of hydrogen-bond donors (Lipinski definition) is 2. The van der Waals surface area contributed by atoms with Crippen LogP contribution in [-0.2, 0) is 16.1 Å². The Hall–Kier alpha value is -1.59. The topological polar surface area (TPSA) is 81.4 Å². The molecule has 0 fully saturated rings. The summed E-state index contributed by atoms with van der Waals surface area (Å²) in [5.41, 5.74) is 7.06. The Labute approximate surface area is 125 Å². The fourth-order valence-electron chi connectivity index (χ4n) is 1.56. The predicted octanol–water partition coefficient (Wildman–Crippen LogP) is 1.64. The zero-order valence-corrected chi connectivity index (χ0v) is 12.4.